The van der Waals surface area contributed by atoms with Crippen LogP contribution in [-0.2, 0) is 13.0 Å². The summed E-state index contributed by atoms with van der Waals surface area (Å²) in [5, 5.41) is 4.80. The zero-order chi connectivity index (χ0) is 14.5. The van der Waals surface area contributed by atoms with Crippen LogP contribution in [0.3, 0.4) is 0 Å². The maximum absolute atomic E-state index is 4.93. The van der Waals surface area contributed by atoms with Gasteiger partial charge in [0.2, 0.25) is 0 Å². The molecule has 0 aliphatic carbocycles. The summed E-state index contributed by atoms with van der Waals surface area (Å²) in [6.45, 7) is 9.85. The molecule has 20 heavy (non-hydrogen) atoms. The lowest BCUT2D eigenvalue weighted by Gasteiger charge is -2.36. The molecule has 0 saturated carbocycles. The molecular weight excluding hydrogens is 268 g/mol. The van der Waals surface area contributed by atoms with E-state index >= 15 is 0 Å². The van der Waals surface area contributed by atoms with Gasteiger partial charge in [-0.1, -0.05) is 13.8 Å². The molecule has 0 amide bonds. The molecule has 5 heteroatoms. The van der Waals surface area contributed by atoms with Gasteiger partial charge in [-0.25, -0.2) is 4.98 Å². The maximum Gasteiger partial charge on any atom is 0.112 e. The third kappa shape index (κ3) is 3.79. The zero-order valence-electron chi connectivity index (χ0n) is 13.3. The lowest BCUT2D eigenvalue weighted by atomic mass is 10.2. The van der Waals surface area contributed by atoms with E-state index in [0.717, 1.165) is 39.1 Å². The first-order valence-electron chi connectivity index (χ1n) is 7.73. The fraction of sp³-hybridized carbons (Fsp3) is 0.800. The van der Waals surface area contributed by atoms with Gasteiger partial charge in [0.15, 0.2) is 0 Å². The molecule has 1 atom stereocenters. The second-order valence-corrected chi connectivity index (χ2v) is 6.83. The predicted molar refractivity (Wildman–Crippen MR) is 86.4 cm³/mol. The smallest absolute Gasteiger partial charge is 0.112 e. The van der Waals surface area contributed by atoms with Crippen molar-refractivity contribution in [3.8, 4) is 0 Å². The summed E-state index contributed by atoms with van der Waals surface area (Å²) in [6.07, 6.45) is 2.22. The minimum absolute atomic E-state index is 0.462. The largest absolute Gasteiger partial charge is 0.312 e. The number of hydrogen-bond acceptors (Lipinski definition) is 5. The standard InChI is InChI=1S/C15H28N4S/c1-5-7-16-10-14-12(6-2)17-15(20-14)13-11-18(3)8-9-19(13)4/h13,16H,5-11H2,1-4H3. The van der Waals surface area contributed by atoms with E-state index in [1.54, 1.807) is 0 Å². The van der Waals surface area contributed by atoms with Gasteiger partial charge in [-0.05, 0) is 33.5 Å². The van der Waals surface area contributed by atoms with E-state index < -0.39 is 0 Å². The van der Waals surface area contributed by atoms with Crippen LogP contribution in [0.15, 0.2) is 0 Å². The van der Waals surface area contributed by atoms with Crippen molar-refractivity contribution in [2.45, 2.75) is 39.3 Å². The first-order valence-corrected chi connectivity index (χ1v) is 8.55. The Hall–Kier alpha value is -0.490. The molecule has 0 aromatic carbocycles. The van der Waals surface area contributed by atoms with Gasteiger partial charge < -0.3 is 10.2 Å². The van der Waals surface area contributed by atoms with Gasteiger partial charge in [0.25, 0.3) is 0 Å². The Bertz CT molecular complexity index is 418. The van der Waals surface area contributed by atoms with E-state index in [1.165, 1.54) is 22.0 Å². The Balaban J connectivity index is 2.11. The van der Waals surface area contributed by atoms with Crippen LogP contribution in [0.2, 0.25) is 0 Å². The number of nitrogens with zero attached hydrogens (tertiary/aromatic N) is 3. The molecule has 1 aliphatic heterocycles. The maximum atomic E-state index is 4.93. The third-order valence-electron chi connectivity index (χ3n) is 3.98. The predicted octanol–water partition coefficient (Wildman–Crippen LogP) is 2.12. The van der Waals surface area contributed by atoms with Gasteiger partial charge in [0.1, 0.15) is 5.01 Å². The van der Waals surface area contributed by atoms with Gasteiger partial charge in [-0.3, -0.25) is 4.90 Å². The van der Waals surface area contributed by atoms with Crippen molar-refractivity contribution in [1.82, 2.24) is 20.1 Å². The quantitative estimate of drug-likeness (QED) is 0.815. The van der Waals surface area contributed by atoms with Crippen LogP contribution in [0, 0.1) is 0 Å². The number of aromatic nitrogens is 1. The highest BCUT2D eigenvalue weighted by molar-refractivity contribution is 7.11. The molecule has 2 heterocycles. The second-order valence-electron chi connectivity index (χ2n) is 5.71. The fourth-order valence-corrected chi connectivity index (χ4v) is 3.90. The van der Waals surface area contributed by atoms with Crippen molar-refractivity contribution in [1.29, 1.82) is 0 Å². The zero-order valence-corrected chi connectivity index (χ0v) is 14.1. The van der Waals surface area contributed by atoms with E-state index in [2.05, 4.69) is 43.1 Å². The van der Waals surface area contributed by atoms with Gasteiger partial charge in [-0.2, -0.15) is 0 Å². The molecule has 0 radical (unpaired) electrons. The summed E-state index contributed by atoms with van der Waals surface area (Å²) >= 11 is 1.90. The number of aryl methyl sites for hydroxylation is 1. The number of hydrogen-bond donors (Lipinski definition) is 1. The Labute approximate surface area is 127 Å². The van der Waals surface area contributed by atoms with E-state index in [0.29, 0.717) is 6.04 Å². The van der Waals surface area contributed by atoms with Crippen molar-refractivity contribution in [2.24, 2.45) is 0 Å². The minimum Gasteiger partial charge on any atom is -0.312 e. The summed E-state index contributed by atoms with van der Waals surface area (Å²) in [6, 6.07) is 0.462. The van der Waals surface area contributed by atoms with Gasteiger partial charge in [-0.15, -0.1) is 11.3 Å². The van der Waals surface area contributed by atoms with Crippen LogP contribution in [0.25, 0.3) is 0 Å². The average molecular weight is 296 g/mol. The van der Waals surface area contributed by atoms with Crippen LogP contribution in [0.1, 0.15) is 41.9 Å². The normalized spacial score (nSPS) is 21.5. The number of nitrogens with one attached hydrogen (secondary N) is 1. The van der Waals surface area contributed by atoms with Crippen LogP contribution in [0.4, 0.5) is 0 Å². The SMILES string of the molecule is CCCNCc1sc(C2CN(C)CCN2C)nc1CC. The van der Waals surface area contributed by atoms with E-state index in [1.807, 2.05) is 11.3 Å². The van der Waals surface area contributed by atoms with Crippen molar-refractivity contribution >= 4 is 11.3 Å². The highest BCUT2D eigenvalue weighted by atomic mass is 32.1. The lowest BCUT2D eigenvalue weighted by Crippen LogP contribution is -2.44. The lowest BCUT2D eigenvalue weighted by molar-refractivity contribution is 0.115. The van der Waals surface area contributed by atoms with Crippen molar-refractivity contribution in [2.75, 3.05) is 40.3 Å². The Morgan fingerprint density at radius 1 is 1.30 bits per heavy atom. The molecule has 1 N–H and O–H groups in total. The number of thiazole rings is 1. The third-order valence-corrected chi connectivity index (χ3v) is 5.18. The van der Waals surface area contributed by atoms with Crippen molar-refractivity contribution in [3.63, 3.8) is 0 Å². The van der Waals surface area contributed by atoms with E-state index in [9.17, 15) is 0 Å². The second kappa shape index (κ2) is 7.50. The van der Waals surface area contributed by atoms with Crippen LogP contribution >= 0.6 is 11.3 Å². The van der Waals surface area contributed by atoms with Gasteiger partial charge in [0, 0.05) is 31.1 Å². The van der Waals surface area contributed by atoms with E-state index in [4.69, 9.17) is 4.98 Å². The highest BCUT2D eigenvalue weighted by Crippen LogP contribution is 2.29. The molecule has 0 bridgehead atoms. The summed E-state index contributed by atoms with van der Waals surface area (Å²) in [5.41, 5.74) is 1.29. The molecule has 114 valence electrons. The first kappa shape index (κ1) is 15.9. The van der Waals surface area contributed by atoms with Gasteiger partial charge >= 0.3 is 0 Å². The van der Waals surface area contributed by atoms with Crippen LogP contribution < -0.4 is 5.32 Å². The Kier molecular flexibility index (Phi) is 5.96. The number of rotatable bonds is 6. The summed E-state index contributed by atoms with van der Waals surface area (Å²) in [4.78, 5) is 11.2. The first-order chi connectivity index (χ1) is 9.65. The Morgan fingerprint density at radius 3 is 2.80 bits per heavy atom. The average Bonchev–Trinajstić information content (AvgIpc) is 2.85. The number of piperazine rings is 1. The van der Waals surface area contributed by atoms with Crippen LogP contribution in [0.5, 0.6) is 0 Å². The molecule has 2 rings (SSSR count). The summed E-state index contributed by atoms with van der Waals surface area (Å²) in [7, 11) is 4.43. The molecule has 1 unspecified atom stereocenters. The molecule has 1 aromatic rings. The fourth-order valence-electron chi connectivity index (χ4n) is 2.62. The topological polar surface area (TPSA) is 31.4 Å². The molecule has 1 saturated heterocycles. The molecule has 4 nitrogen and oxygen atoms in total. The van der Waals surface area contributed by atoms with Crippen molar-refractivity contribution < 1.29 is 0 Å². The summed E-state index contributed by atoms with van der Waals surface area (Å²) < 4.78 is 0. The van der Waals surface area contributed by atoms with E-state index in [-0.39, 0.29) is 0 Å². The minimum atomic E-state index is 0.462. The number of likely N-dealkylation sites (N-methyl/N-ethyl adjacent to an activating group) is 2. The molecular formula is C15H28N4S. The van der Waals surface area contributed by atoms with Crippen LogP contribution in [-0.4, -0.2) is 55.1 Å². The van der Waals surface area contributed by atoms with Gasteiger partial charge in [0.05, 0.1) is 11.7 Å². The summed E-state index contributed by atoms with van der Waals surface area (Å²) in [5.74, 6) is 0. The molecule has 1 fully saturated rings. The Morgan fingerprint density at radius 2 is 2.10 bits per heavy atom. The monoisotopic (exact) mass is 296 g/mol. The molecule has 1 aromatic heterocycles. The van der Waals surface area contributed by atoms with Crippen molar-refractivity contribution in [3.05, 3.63) is 15.6 Å². The molecule has 1 aliphatic rings. The molecule has 0 spiro atoms. The highest BCUT2D eigenvalue weighted by Gasteiger charge is 2.27.